The third kappa shape index (κ3) is 2.51. The number of hydrogen-bond acceptors (Lipinski definition) is 4. The van der Waals surface area contributed by atoms with Gasteiger partial charge in [-0.3, -0.25) is 19.8 Å². The summed E-state index contributed by atoms with van der Waals surface area (Å²) in [4.78, 5) is 24.2. The molecule has 0 radical (unpaired) electrons. The van der Waals surface area contributed by atoms with Gasteiger partial charge in [0, 0.05) is 13.1 Å². The van der Waals surface area contributed by atoms with E-state index >= 15 is 0 Å². The van der Waals surface area contributed by atoms with Crippen LogP contribution in [0.2, 0.25) is 4.34 Å². The molecule has 2 amide bonds. The molecule has 1 aliphatic rings. The Labute approximate surface area is 109 Å². The minimum atomic E-state index is -0.416. The first-order valence-corrected chi connectivity index (χ1v) is 6.55. The Morgan fingerprint density at radius 1 is 1.59 bits per heavy atom. The lowest BCUT2D eigenvalue weighted by atomic mass is 10.1. The molecule has 0 bridgehead atoms. The van der Waals surface area contributed by atoms with Crippen LogP contribution in [0, 0.1) is 0 Å². The van der Waals surface area contributed by atoms with Gasteiger partial charge in [-0.15, -0.1) is 11.3 Å². The van der Waals surface area contributed by atoms with Gasteiger partial charge in [0.2, 0.25) is 11.8 Å². The van der Waals surface area contributed by atoms with Gasteiger partial charge in [0.15, 0.2) is 0 Å². The van der Waals surface area contributed by atoms with Crippen LogP contribution in [0.5, 0.6) is 0 Å². The fourth-order valence-electron chi connectivity index (χ4n) is 1.83. The summed E-state index contributed by atoms with van der Waals surface area (Å²) in [5.74, 6) is -0.300. The molecule has 1 saturated heterocycles. The zero-order valence-corrected chi connectivity index (χ0v) is 11.1. The molecule has 0 aromatic carbocycles. The highest BCUT2D eigenvalue weighted by Crippen LogP contribution is 2.25. The van der Waals surface area contributed by atoms with Gasteiger partial charge in [-0.1, -0.05) is 11.6 Å². The number of nitrogens with zero attached hydrogens (tertiary/aromatic N) is 1. The van der Waals surface area contributed by atoms with E-state index in [1.165, 1.54) is 23.3 Å². The molecule has 1 fully saturated rings. The van der Waals surface area contributed by atoms with Crippen LogP contribution in [-0.4, -0.2) is 29.8 Å². The molecule has 1 N–H and O–H groups in total. The predicted octanol–water partition coefficient (Wildman–Crippen LogP) is 1.81. The smallest absolute Gasteiger partial charge is 0.246 e. The van der Waals surface area contributed by atoms with Gasteiger partial charge < -0.3 is 0 Å². The Morgan fingerprint density at radius 2 is 2.29 bits per heavy atom. The van der Waals surface area contributed by atoms with Crippen LogP contribution >= 0.6 is 22.9 Å². The lowest BCUT2D eigenvalue weighted by molar-refractivity contribution is -0.137. The summed E-state index contributed by atoms with van der Waals surface area (Å²) < 4.78 is 0.722. The van der Waals surface area contributed by atoms with E-state index in [0.29, 0.717) is 0 Å². The average Bonchev–Trinajstić information content (AvgIpc) is 2.80. The first-order chi connectivity index (χ1) is 7.99. The number of rotatable bonds is 3. The highest BCUT2D eigenvalue weighted by molar-refractivity contribution is 7.14. The van der Waals surface area contributed by atoms with Gasteiger partial charge in [-0.05, 0) is 23.9 Å². The average molecular weight is 273 g/mol. The maximum Gasteiger partial charge on any atom is 0.246 e. The van der Waals surface area contributed by atoms with Crippen LogP contribution in [0.4, 0.5) is 0 Å². The van der Waals surface area contributed by atoms with Crippen molar-refractivity contribution in [3.63, 3.8) is 0 Å². The summed E-state index contributed by atoms with van der Waals surface area (Å²) in [6, 6.07) is 1.46. The van der Waals surface area contributed by atoms with Crippen molar-refractivity contribution in [1.29, 1.82) is 0 Å². The van der Waals surface area contributed by atoms with Crippen molar-refractivity contribution in [3.8, 4) is 0 Å². The number of halogens is 1. The van der Waals surface area contributed by atoms with Gasteiger partial charge in [-0.25, -0.2) is 0 Å². The first-order valence-electron chi connectivity index (χ1n) is 5.29. The fourth-order valence-corrected chi connectivity index (χ4v) is 2.82. The molecule has 92 valence electrons. The Bertz CT molecular complexity index is 460. The minimum absolute atomic E-state index is 0.00648. The molecule has 2 heterocycles. The number of imide groups is 1. The van der Waals surface area contributed by atoms with E-state index in [9.17, 15) is 9.59 Å². The number of thiophene rings is 1. The topological polar surface area (TPSA) is 49.4 Å². The van der Waals surface area contributed by atoms with Gasteiger partial charge in [0.05, 0.1) is 16.8 Å². The summed E-state index contributed by atoms with van der Waals surface area (Å²) in [7, 11) is 1.51. The molecule has 1 aromatic rings. The lowest BCUT2D eigenvalue weighted by Crippen LogP contribution is -2.38. The molecular formula is C11H13ClN2O2S. The summed E-state index contributed by atoms with van der Waals surface area (Å²) in [5.41, 5.74) is 1.04. The number of likely N-dealkylation sites (tertiary alicyclic amines) is 1. The standard InChI is InChI=1S/C11H13ClN2O2S/c1-6(7-3-9(12)17-5-7)13-8-4-10(15)14(2)11(8)16/h3,5-6,8,13H,4H2,1-2H3. The quantitative estimate of drug-likeness (QED) is 0.854. The SMILES string of the molecule is CC(NC1CC(=O)N(C)C1=O)c1csc(Cl)c1. The molecule has 0 spiro atoms. The Hall–Kier alpha value is -0.910. The molecule has 1 aliphatic heterocycles. The normalized spacial score (nSPS) is 22.3. The first kappa shape index (κ1) is 12.5. The Balaban J connectivity index is 2.02. The Kier molecular flexibility index (Phi) is 3.51. The van der Waals surface area contributed by atoms with Gasteiger partial charge >= 0.3 is 0 Å². The molecule has 4 nitrogen and oxygen atoms in total. The minimum Gasteiger partial charge on any atom is -0.299 e. The molecule has 0 aliphatic carbocycles. The second-order valence-corrected chi connectivity index (χ2v) is 5.66. The number of nitrogens with one attached hydrogen (secondary N) is 1. The van der Waals surface area contributed by atoms with E-state index < -0.39 is 6.04 Å². The molecule has 0 saturated carbocycles. The highest BCUT2D eigenvalue weighted by Gasteiger charge is 2.36. The predicted molar refractivity (Wildman–Crippen MR) is 67.1 cm³/mol. The van der Waals surface area contributed by atoms with E-state index in [2.05, 4.69) is 5.32 Å². The van der Waals surface area contributed by atoms with Gasteiger partial charge in [0.25, 0.3) is 0 Å². The van der Waals surface area contributed by atoms with E-state index in [1.54, 1.807) is 0 Å². The van der Waals surface area contributed by atoms with Crippen LogP contribution in [0.15, 0.2) is 11.4 Å². The summed E-state index contributed by atoms with van der Waals surface area (Å²) in [6.07, 6.45) is 0.234. The second kappa shape index (κ2) is 4.76. The maximum atomic E-state index is 11.7. The van der Waals surface area contributed by atoms with Gasteiger partial charge in [-0.2, -0.15) is 0 Å². The van der Waals surface area contributed by atoms with Crippen molar-refractivity contribution in [2.24, 2.45) is 0 Å². The molecule has 1 aromatic heterocycles. The van der Waals surface area contributed by atoms with Crippen molar-refractivity contribution in [1.82, 2.24) is 10.2 Å². The van der Waals surface area contributed by atoms with Crippen molar-refractivity contribution >= 4 is 34.8 Å². The molecule has 6 heteroatoms. The zero-order valence-electron chi connectivity index (χ0n) is 9.57. The van der Waals surface area contributed by atoms with Crippen molar-refractivity contribution < 1.29 is 9.59 Å². The van der Waals surface area contributed by atoms with E-state index in [4.69, 9.17) is 11.6 Å². The van der Waals surface area contributed by atoms with E-state index in [1.807, 2.05) is 18.4 Å². The molecule has 2 unspecified atom stereocenters. The third-order valence-corrected chi connectivity index (χ3v) is 4.03. The van der Waals surface area contributed by atoms with E-state index in [0.717, 1.165) is 9.90 Å². The van der Waals surface area contributed by atoms with Crippen LogP contribution in [-0.2, 0) is 9.59 Å². The molecule has 2 atom stereocenters. The maximum absolute atomic E-state index is 11.7. The summed E-state index contributed by atoms with van der Waals surface area (Å²) in [5, 5.41) is 5.10. The monoisotopic (exact) mass is 272 g/mol. The number of carbonyl (C=O) groups is 2. The fraction of sp³-hybridized carbons (Fsp3) is 0.455. The van der Waals surface area contributed by atoms with Crippen molar-refractivity contribution in [2.45, 2.75) is 25.4 Å². The summed E-state index contributed by atoms with van der Waals surface area (Å²) in [6.45, 7) is 1.95. The van der Waals surface area contributed by atoms with E-state index in [-0.39, 0.29) is 24.3 Å². The van der Waals surface area contributed by atoms with Crippen LogP contribution < -0.4 is 5.32 Å². The number of amides is 2. The number of carbonyl (C=O) groups excluding carboxylic acids is 2. The number of hydrogen-bond donors (Lipinski definition) is 1. The zero-order chi connectivity index (χ0) is 12.6. The number of likely N-dealkylation sites (N-methyl/N-ethyl adjacent to an activating group) is 1. The molecule has 17 heavy (non-hydrogen) atoms. The van der Waals surface area contributed by atoms with Crippen LogP contribution in [0.3, 0.4) is 0 Å². The second-order valence-electron chi connectivity index (χ2n) is 4.12. The third-order valence-electron chi connectivity index (χ3n) is 2.92. The van der Waals surface area contributed by atoms with Crippen LogP contribution in [0.1, 0.15) is 24.9 Å². The van der Waals surface area contributed by atoms with Crippen molar-refractivity contribution in [3.05, 3.63) is 21.3 Å². The van der Waals surface area contributed by atoms with Gasteiger partial charge in [0.1, 0.15) is 0 Å². The summed E-state index contributed by atoms with van der Waals surface area (Å²) >= 11 is 7.31. The Morgan fingerprint density at radius 3 is 2.76 bits per heavy atom. The van der Waals surface area contributed by atoms with Crippen molar-refractivity contribution in [2.75, 3.05) is 7.05 Å². The molecule has 2 rings (SSSR count). The van der Waals surface area contributed by atoms with Crippen LogP contribution in [0.25, 0.3) is 0 Å². The highest BCUT2D eigenvalue weighted by atomic mass is 35.5. The molecular weight excluding hydrogens is 260 g/mol. The largest absolute Gasteiger partial charge is 0.299 e. The lowest BCUT2D eigenvalue weighted by Gasteiger charge is -2.16.